The van der Waals surface area contributed by atoms with Crippen LogP contribution in [0.5, 0.6) is 0 Å². The minimum atomic E-state index is -0.124. The molecule has 108 valence electrons. The van der Waals surface area contributed by atoms with Crippen molar-refractivity contribution in [1.82, 2.24) is 0 Å². The Morgan fingerprint density at radius 2 is 2.00 bits per heavy atom. The monoisotopic (exact) mass is 274 g/mol. The Bertz CT molecular complexity index is 512. The van der Waals surface area contributed by atoms with Crippen LogP contribution in [-0.4, -0.2) is 25.3 Å². The summed E-state index contributed by atoms with van der Waals surface area (Å²) in [5.41, 5.74) is 0.155. The molecular weight excluding hydrogens is 252 g/mol. The van der Waals surface area contributed by atoms with Crippen molar-refractivity contribution in [2.24, 2.45) is 40.4 Å². The van der Waals surface area contributed by atoms with E-state index in [0.29, 0.717) is 29.5 Å². The molecule has 1 heterocycles. The van der Waals surface area contributed by atoms with E-state index in [2.05, 4.69) is 26.0 Å². The Morgan fingerprint density at radius 1 is 1.25 bits per heavy atom. The van der Waals surface area contributed by atoms with Gasteiger partial charge in [0.15, 0.2) is 6.29 Å². The molecule has 0 bridgehead atoms. The zero-order valence-corrected chi connectivity index (χ0v) is 12.2. The van der Waals surface area contributed by atoms with Gasteiger partial charge in [0.1, 0.15) is 5.78 Å². The number of carbonyl (C=O) groups excluding carboxylic acids is 1. The lowest BCUT2D eigenvalue weighted by Gasteiger charge is -2.40. The van der Waals surface area contributed by atoms with E-state index >= 15 is 0 Å². The standard InChI is InChI=1S/C17H22O3/c1-16(2)7-19-15(20-8-16)17-11-6-12(18)14(17)13(17)10-5-3-4-9(10)11/h3,5,9-11,13-15H,4,6-8H2,1-2H3/t9-,10+,11+,13?,14-,17-/m0/s1. The predicted octanol–water partition coefficient (Wildman–Crippen LogP) is 2.41. The molecule has 3 saturated carbocycles. The maximum absolute atomic E-state index is 12.3. The number of ketones is 1. The third-order valence-electron chi connectivity index (χ3n) is 6.63. The maximum atomic E-state index is 12.3. The van der Waals surface area contributed by atoms with Gasteiger partial charge in [-0.15, -0.1) is 0 Å². The van der Waals surface area contributed by atoms with Gasteiger partial charge in [0.05, 0.1) is 13.2 Å². The van der Waals surface area contributed by atoms with E-state index in [1.807, 2.05) is 0 Å². The number of hydrogen-bond acceptors (Lipinski definition) is 3. The fraction of sp³-hybridized carbons (Fsp3) is 0.824. The maximum Gasteiger partial charge on any atom is 0.164 e. The van der Waals surface area contributed by atoms with E-state index in [-0.39, 0.29) is 23.0 Å². The van der Waals surface area contributed by atoms with Crippen LogP contribution >= 0.6 is 0 Å². The van der Waals surface area contributed by atoms with E-state index in [1.165, 1.54) is 0 Å². The first-order valence-corrected chi connectivity index (χ1v) is 7.98. The molecule has 1 aliphatic heterocycles. The molecule has 20 heavy (non-hydrogen) atoms. The highest BCUT2D eigenvalue weighted by Gasteiger charge is 2.86. The van der Waals surface area contributed by atoms with E-state index in [0.717, 1.165) is 26.1 Å². The van der Waals surface area contributed by atoms with Crippen molar-refractivity contribution in [3.05, 3.63) is 12.2 Å². The van der Waals surface area contributed by atoms with Crippen LogP contribution < -0.4 is 0 Å². The Kier molecular flexibility index (Phi) is 2.02. The van der Waals surface area contributed by atoms with E-state index < -0.39 is 0 Å². The third kappa shape index (κ3) is 1.15. The van der Waals surface area contributed by atoms with Gasteiger partial charge in [-0.05, 0) is 30.1 Å². The predicted molar refractivity (Wildman–Crippen MR) is 72.7 cm³/mol. The average Bonchev–Trinajstić information content (AvgIpc) is 2.67. The number of rotatable bonds is 1. The Hall–Kier alpha value is -0.670. The number of carbonyl (C=O) groups is 1. The van der Waals surface area contributed by atoms with Crippen LogP contribution in [0, 0.1) is 40.4 Å². The molecule has 1 unspecified atom stereocenters. The Balaban J connectivity index is 1.49. The lowest BCUT2D eigenvalue weighted by Crippen LogP contribution is -2.44. The first-order chi connectivity index (χ1) is 9.56. The highest BCUT2D eigenvalue weighted by Crippen LogP contribution is 2.83. The van der Waals surface area contributed by atoms with Gasteiger partial charge >= 0.3 is 0 Å². The molecule has 3 nitrogen and oxygen atoms in total. The van der Waals surface area contributed by atoms with Gasteiger partial charge in [-0.2, -0.15) is 0 Å². The van der Waals surface area contributed by atoms with Crippen molar-refractivity contribution in [2.45, 2.75) is 33.0 Å². The smallest absolute Gasteiger partial charge is 0.164 e. The minimum absolute atomic E-state index is 0.0493. The summed E-state index contributed by atoms with van der Waals surface area (Å²) in [6.07, 6.45) is 6.50. The largest absolute Gasteiger partial charge is 0.351 e. The van der Waals surface area contributed by atoms with Crippen LogP contribution in [-0.2, 0) is 14.3 Å². The average molecular weight is 274 g/mol. The minimum Gasteiger partial charge on any atom is -0.351 e. The van der Waals surface area contributed by atoms with Gasteiger partial charge in [-0.1, -0.05) is 26.0 Å². The van der Waals surface area contributed by atoms with Crippen molar-refractivity contribution in [3.8, 4) is 0 Å². The van der Waals surface area contributed by atoms with E-state index in [9.17, 15) is 4.79 Å². The zero-order chi connectivity index (χ0) is 13.7. The molecular formula is C17H22O3. The normalized spacial score (nSPS) is 55.1. The van der Waals surface area contributed by atoms with Gasteiger partial charge in [-0.25, -0.2) is 0 Å². The van der Waals surface area contributed by atoms with Crippen LogP contribution in [0.2, 0.25) is 0 Å². The summed E-state index contributed by atoms with van der Waals surface area (Å²) in [5, 5.41) is 0. The molecule has 0 aromatic heterocycles. The summed E-state index contributed by atoms with van der Waals surface area (Å²) in [6, 6.07) is 0. The van der Waals surface area contributed by atoms with Crippen LogP contribution in [0.15, 0.2) is 12.2 Å². The molecule has 4 aliphatic carbocycles. The van der Waals surface area contributed by atoms with Crippen molar-refractivity contribution >= 4 is 5.78 Å². The van der Waals surface area contributed by atoms with Crippen molar-refractivity contribution in [2.75, 3.05) is 13.2 Å². The van der Waals surface area contributed by atoms with Gasteiger partial charge in [0.2, 0.25) is 0 Å². The summed E-state index contributed by atoms with van der Waals surface area (Å²) in [4.78, 5) is 12.3. The van der Waals surface area contributed by atoms with Gasteiger partial charge in [0, 0.05) is 23.2 Å². The Labute approximate surface area is 119 Å². The first-order valence-electron chi connectivity index (χ1n) is 7.98. The van der Waals surface area contributed by atoms with Gasteiger partial charge < -0.3 is 9.47 Å². The number of allylic oxidation sites excluding steroid dienone is 2. The summed E-state index contributed by atoms with van der Waals surface area (Å²) >= 11 is 0. The Morgan fingerprint density at radius 3 is 2.75 bits per heavy atom. The quantitative estimate of drug-likeness (QED) is 0.689. The van der Waals surface area contributed by atoms with Crippen LogP contribution in [0.3, 0.4) is 0 Å². The molecule has 0 aromatic carbocycles. The highest BCUT2D eigenvalue weighted by molar-refractivity contribution is 5.90. The SMILES string of the molecule is CC1(C)COC([C@]23C4[C@@H]5C=CC[C@@H]5[C@H]2CC(=O)[C@@H]43)OC1. The first kappa shape index (κ1) is 11.9. The number of hydrogen-bond donors (Lipinski definition) is 0. The summed E-state index contributed by atoms with van der Waals surface area (Å²) in [6.45, 7) is 5.87. The number of Topliss-reactive ketones (excluding diaryl/α,β-unsaturated/α-hetero) is 1. The third-order valence-corrected chi connectivity index (χ3v) is 6.63. The summed E-state index contributed by atoms with van der Waals surface area (Å²) < 4.78 is 12.2. The molecule has 1 saturated heterocycles. The summed E-state index contributed by atoms with van der Waals surface area (Å²) in [7, 11) is 0. The van der Waals surface area contributed by atoms with E-state index in [4.69, 9.17) is 9.47 Å². The van der Waals surface area contributed by atoms with E-state index in [1.54, 1.807) is 0 Å². The molecule has 0 aromatic rings. The fourth-order valence-electron chi connectivity index (χ4n) is 5.98. The molecule has 0 spiro atoms. The zero-order valence-electron chi connectivity index (χ0n) is 12.2. The lowest BCUT2D eigenvalue weighted by molar-refractivity contribution is -0.258. The fourth-order valence-corrected chi connectivity index (χ4v) is 5.98. The van der Waals surface area contributed by atoms with Crippen molar-refractivity contribution < 1.29 is 14.3 Å². The second-order valence-corrected chi connectivity index (χ2v) is 8.30. The number of fused-ring (bicyclic) bond motifs is 4. The van der Waals surface area contributed by atoms with Crippen LogP contribution in [0.1, 0.15) is 26.7 Å². The summed E-state index contributed by atoms with van der Waals surface area (Å²) in [5.74, 6) is 3.06. The molecule has 0 amide bonds. The molecule has 5 aliphatic rings. The van der Waals surface area contributed by atoms with Crippen LogP contribution in [0.25, 0.3) is 0 Å². The molecule has 5 rings (SSSR count). The molecule has 3 heteroatoms. The molecule has 0 radical (unpaired) electrons. The highest BCUT2D eigenvalue weighted by atomic mass is 16.7. The molecule has 0 N–H and O–H groups in total. The molecule has 6 atom stereocenters. The topological polar surface area (TPSA) is 35.5 Å². The van der Waals surface area contributed by atoms with Crippen LogP contribution in [0.4, 0.5) is 0 Å². The van der Waals surface area contributed by atoms with Gasteiger partial charge in [-0.3, -0.25) is 4.79 Å². The molecule has 4 fully saturated rings. The lowest BCUT2D eigenvalue weighted by atomic mass is 9.81. The van der Waals surface area contributed by atoms with Crippen molar-refractivity contribution in [1.29, 1.82) is 0 Å². The van der Waals surface area contributed by atoms with Crippen molar-refractivity contribution in [3.63, 3.8) is 0 Å². The second-order valence-electron chi connectivity index (χ2n) is 8.30. The number of ether oxygens (including phenoxy) is 2. The second kappa shape index (κ2) is 3.38. The van der Waals surface area contributed by atoms with Gasteiger partial charge in [0.25, 0.3) is 0 Å².